The van der Waals surface area contributed by atoms with Gasteiger partial charge in [0.15, 0.2) is 11.6 Å². The predicted octanol–water partition coefficient (Wildman–Crippen LogP) is 2.74. The normalized spacial score (nSPS) is 10.9. The number of alkyl halides is 3. The molecule has 0 saturated carbocycles. The number of nitriles is 1. The van der Waals surface area contributed by atoms with Gasteiger partial charge in [-0.2, -0.15) is 9.65 Å². The smallest absolute Gasteiger partial charge is 0.402 e. The predicted molar refractivity (Wildman–Crippen MR) is 37.8 cm³/mol. The summed E-state index contributed by atoms with van der Waals surface area (Å²) >= 11 is 0. The molecular formula is C8H2F5NO. The monoisotopic (exact) mass is 223 g/mol. The summed E-state index contributed by atoms with van der Waals surface area (Å²) in [6.07, 6.45) is -5.14. The number of hydrogen-bond acceptors (Lipinski definition) is 2. The van der Waals surface area contributed by atoms with Crippen molar-refractivity contribution >= 4 is 0 Å². The topological polar surface area (TPSA) is 33.0 Å². The molecule has 1 rings (SSSR count). The highest BCUT2D eigenvalue weighted by molar-refractivity contribution is 5.38. The second-order valence-corrected chi connectivity index (χ2v) is 2.43. The first-order chi connectivity index (χ1) is 6.83. The summed E-state index contributed by atoms with van der Waals surface area (Å²) in [6.45, 7) is 0. The average molecular weight is 223 g/mol. The van der Waals surface area contributed by atoms with Gasteiger partial charge in [-0.1, -0.05) is 0 Å². The molecule has 1 aromatic rings. The largest absolute Gasteiger partial charge is 0.573 e. The molecule has 0 saturated heterocycles. The molecule has 0 N–H and O–H groups in total. The van der Waals surface area contributed by atoms with E-state index in [-0.39, 0.29) is 0 Å². The lowest BCUT2D eigenvalue weighted by atomic mass is 10.2. The molecule has 7 heteroatoms. The summed E-state index contributed by atoms with van der Waals surface area (Å²) in [5, 5.41) is 8.30. The maximum absolute atomic E-state index is 12.7. The van der Waals surface area contributed by atoms with Gasteiger partial charge in [-0.05, 0) is 6.07 Å². The fourth-order valence-electron chi connectivity index (χ4n) is 0.827. The summed E-state index contributed by atoms with van der Waals surface area (Å²) in [5.41, 5.74) is -0.465. The summed E-state index contributed by atoms with van der Waals surface area (Å²) < 4.78 is 63.6. The van der Waals surface area contributed by atoms with Crippen molar-refractivity contribution in [3.05, 3.63) is 29.3 Å². The molecule has 0 heterocycles. The Labute approximate surface area is 80.5 Å². The van der Waals surface area contributed by atoms with E-state index in [1.165, 1.54) is 6.07 Å². The van der Waals surface area contributed by atoms with Gasteiger partial charge in [0.1, 0.15) is 0 Å². The van der Waals surface area contributed by atoms with Crippen LogP contribution in [0.15, 0.2) is 12.1 Å². The van der Waals surface area contributed by atoms with E-state index in [4.69, 9.17) is 5.26 Å². The van der Waals surface area contributed by atoms with E-state index in [9.17, 15) is 22.0 Å². The molecular weight excluding hydrogens is 221 g/mol. The van der Waals surface area contributed by atoms with Gasteiger partial charge >= 0.3 is 6.36 Å². The Hall–Kier alpha value is -1.84. The van der Waals surface area contributed by atoms with Gasteiger partial charge in [0.2, 0.25) is 5.82 Å². The van der Waals surface area contributed by atoms with E-state index in [1.807, 2.05) is 0 Å². The second kappa shape index (κ2) is 3.73. The molecule has 15 heavy (non-hydrogen) atoms. The first-order valence-electron chi connectivity index (χ1n) is 3.48. The third-order valence-electron chi connectivity index (χ3n) is 1.35. The number of nitrogens with zero attached hydrogens (tertiary/aromatic N) is 1. The van der Waals surface area contributed by atoms with Crippen LogP contribution in [0.1, 0.15) is 5.56 Å². The Morgan fingerprint density at radius 3 is 2.27 bits per heavy atom. The van der Waals surface area contributed by atoms with Crippen molar-refractivity contribution in [3.63, 3.8) is 0 Å². The number of ether oxygens (including phenoxy) is 1. The van der Waals surface area contributed by atoms with Crippen LogP contribution in [0.4, 0.5) is 22.0 Å². The van der Waals surface area contributed by atoms with Crippen LogP contribution in [0.5, 0.6) is 5.75 Å². The van der Waals surface area contributed by atoms with Gasteiger partial charge < -0.3 is 4.74 Å². The number of halogens is 5. The lowest BCUT2D eigenvalue weighted by Gasteiger charge is -2.09. The highest BCUT2D eigenvalue weighted by Gasteiger charge is 2.33. The zero-order chi connectivity index (χ0) is 11.6. The van der Waals surface area contributed by atoms with Crippen molar-refractivity contribution in [2.45, 2.75) is 6.36 Å². The summed E-state index contributed by atoms with van der Waals surface area (Å²) in [7, 11) is 0. The summed E-state index contributed by atoms with van der Waals surface area (Å²) in [5.74, 6) is -4.72. The first kappa shape index (κ1) is 11.2. The maximum atomic E-state index is 12.7. The minimum Gasteiger partial charge on any atom is -0.402 e. The standard InChI is InChI=1S/C8H2F5NO/c9-5-1-4(3-14)2-6(7(5)10)15-8(11,12)13/h1-2H. The average Bonchev–Trinajstić information content (AvgIpc) is 2.10. The van der Waals surface area contributed by atoms with E-state index in [0.717, 1.165) is 0 Å². The molecule has 0 amide bonds. The molecule has 0 aliphatic carbocycles. The van der Waals surface area contributed by atoms with E-state index in [2.05, 4.69) is 4.74 Å². The molecule has 80 valence electrons. The molecule has 0 atom stereocenters. The van der Waals surface area contributed by atoms with Crippen LogP contribution in [-0.4, -0.2) is 6.36 Å². The minimum absolute atomic E-state index is 0.464. The Morgan fingerprint density at radius 2 is 1.80 bits per heavy atom. The molecule has 0 aromatic heterocycles. The number of hydrogen-bond donors (Lipinski definition) is 0. The zero-order valence-corrected chi connectivity index (χ0v) is 6.90. The van der Waals surface area contributed by atoms with Crippen LogP contribution < -0.4 is 4.74 Å². The van der Waals surface area contributed by atoms with E-state index >= 15 is 0 Å². The molecule has 0 unspecified atom stereocenters. The second-order valence-electron chi connectivity index (χ2n) is 2.43. The molecule has 0 radical (unpaired) electrons. The Morgan fingerprint density at radius 1 is 1.20 bits per heavy atom. The molecule has 1 aromatic carbocycles. The molecule has 0 aliphatic rings. The number of rotatable bonds is 1. The van der Waals surface area contributed by atoms with Gasteiger partial charge in [0.25, 0.3) is 0 Å². The first-order valence-corrected chi connectivity index (χ1v) is 3.48. The van der Waals surface area contributed by atoms with E-state index in [1.54, 1.807) is 0 Å². The molecule has 0 bridgehead atoms. The highest BCUT2D eigenvalue weighted by atomic mass is 19.4. The van der Waals surface area contributed by atoms with Crippen molar-refractivity contribution in [2.75, 3.05) is 0 Å². The van der Waals surface area contributed by atoms with Crippen molar-refractivity contribution in [3.8, 4) is 11.8 Å². The highest BCUT2D eigenvalue weighted by Crippen LogP contribution is 2.27. The van der Waals surface area contributed by atoms with E-state index in [0.29, 0.717) is 12.1 Å². The van der Waals surface area contributed by atoms with Crippen LogP contribution in [0, 0.1) is 23.0 Å². The summed E-state index contributed by atoms with van der Waals surface area (Å²) in [6, 6.07) is 2.30. The molecule has 0 aliphatic heterocycles. The maximum Gasteiger partial charge on any atom is 0.573 e. The lowest BCUT2D eigenvalue weighted by molar-refractivity contribution is -0.275. The minimum atomic E-state index is -5.14. The van der Waals surface area contributed by atoms with Crippen LogP contribution in [-0.2, 0) is 0 Å². The molecule has 2 nitrogen and oxygen atoms in total. The van der Waals surface area contributed by atoms with Gasteiger partial charge in [0, 0.05) is 6.07 Å². The quantitative estimate of drug-likeness (QED) is 0.685. The SMILES string of the molecule is N#Cc1cc(F)c(F)c(OC(F)(F)F)c1. The number of benzene rings is 1. The van der Waals surface area contributed by atoms with Crippen LogP contribution in [0.2, 0.25) is 0 Å². The fourth-order valence-corrected chi connectivity index (χ4v) is 0.827. The fraction of sp³-hybridized carbons (Fsp3) is 0.125. The molecule has 0 spiro atoms. The molecule has 0 fully saturated rings. The van der Waals surface area contributed by atoms with Crippen LogP contribution >= 0.6 is 0 Å². The lowest BCUT2D eigenvalue weighted by Crippen LogP contribution is -2.18. The van der Waals surface area contributed by atoms with Gasteiger partial charge in [0.05, 0.1) is 11.6 Å². The third-order valence-corrected chi connectivity index (χ3v) is 1.35. The Kier molecular flexibility index (Phi) is 2.79. The Bertz CT molecular complexity index is 420. The summed E-state index contributed by atoms with van der Waals surface area (Å²) in [4.78, 5) is 0. The van der Waals surface area contributed by atoms with Crippen molar-refractivity contribution in [1.29, 1.82) is 5.26 Å². The van der Waals surface area contributed by atoms with Crippen molar-refractivity contribution in [1.82, 2.24) is 0 Å². The van der Waals surface area contributed by atoms with Crippen LogP contribution in [0.3, 0.4) is 0 Å². The van der Waals surface area contributed by atoms with E-state index < -0.39 is 29.3 Å². The van der Waals surface area contributed by atoms with Crippen LogP contribution in [0.25, 0.3) is 0 Å². The third kappa shape index (κ3) is 2.80. The van der Waals surface area contributed by atoms with Gasteiger partial charge in [-0.25, -0.2) is 4.39 Å². The zero-order valence-electron chi connectivity index (χ0n) is 6.90. The van der Waals surface area contributed by atoms with Gasteiger partial charge in [-0.15, -0.1) is 13.2 Å². The van der Waals surface area contributed by atoms with Gasteiger partial charge in [-0.3, -0.25) is 0 Å². The van der Waals surface area contributed by atoms with Crippen molar-refractivity contribution in [2.24, 2.45) is 0 Å². The Balaban J connectivity index is 3.18. The van der Waals surface area contributed by atoms with Crippen molar-refractivity contribution < 1.29 is 26.7 Å².